The summed E-state index contributed by atoms with van der Waals surface area (Å²) in [6.07, 6.45) is 1.45. The van der Waals surface area contributed by atoms with Gasteiger partial charge in [-0.25, -0.2) is 23.0 Å². The summed E-state index contributed by atoms with van der Waals surface area (Å²) in [5.41, 5.74) is 3.30. The van der Waals surface area contributed by atoms with Gasteiger partial charge in [0.2, 0.25) is 5.95 Å². The standard InChI is InChI=1S/C22H26F2N10O/c1-25-20-19-14(16-2-3-18-21(26-16)34(9-6-23)31-29-18)4-8-33(19)30-22(28-20)27-17-5-7-32(10-15(17)24)13-11-35-12-13/h2-4,8,13,15,17H,5-7,9-12H2,1H3,(H2,25,27,28,30). The highest BCUT2D eigenvalue weighted by Gasteiger charge is 2.35. The minimum atomic E-state index is -1.03. The number of likely N-dealkylation sites (tertiary alicyclic amines) is 1. The molecule has 0 spiro atoms. The Labute approximate surface area is 199 Å². The number of hydrogen-bond acceptors (Lipinski definition) is 9. The van der Waals surface area contributed by atoms with E-state index in [2.05, 4.69) is 40.9 Å². The van der Waals surface area contributed by atoms with Crippen molar-refractivity contribution in [2.24, 2.45) is 0 Å². The van der Waals surface area contributed by atoms with Crippen LogP contribution >= 0.6 is 0 Å². The third kappa shape index (κ3) is 3.93. The Bertz CT molecular complexity index is 1350. The lowest BCUT2D eigenvalue weighted by Crippen LogP contribution is -2.57. The first-order valence-electron chi connectivity index (χ1n) is 11.7. The number of nitrogens with zero attached hydrogens (tertiary/aromatic N) is 8. The molecule has 2 unspecified atom stereocenters. The van der Waals surface area contributed by atoms with Crippen molar-refractivity contribution in [3.05, 3.63) is 24.4 Å². The van der Waals surface area contributed by atoms with E-state index >= 15 is 0 Å². The minimum absolute atomic E-state index is 0.0896. The first-order valence-corrected chi connectivity index (χ1v) is 11.7. The van der Waals surface area contributed by atoms with Crippen molar-refractivity contribution in [1.29, 1.82) is 0 Å². The third-order valence-electron chi connectivity index (χ3n) is 6.70. The van der Waals surface area contributed by atoms with Crippen LogP contribution in [-0.4, -0.2) is 97.8 Å². The highest BCUT2D eigenvalue weighted by Crippen LogP contribution is 2.30. The zero-order valence-corrected chi connectivity index (χ0v) is 19.2. The first kappa shape index (κ1) is 22.0. The number of nitrogens with one attached hydrogen (secondary N) is 2. The fourth-order valence-electron chi connectivity index (χ4n) is 4.72. The van der Waals surface area contributed by atoms with E-state index in [9.17, 15) is 8.78 Å². The molecule has 0 amide bonds. The van der Waals surface area contributed by atoms with Crippen LogP contribution in [0.2, 0.25) is 0 Å². The number of alkyl halides is 2. The van der Waals surface area contributed by atoms with Crippen LogP contribution in [0.15, 0.2) is 24.4 Å². The molecule has 2 aliphatic rings. The molecule has 0 aliphatic carbocycles. The van der Waals surface area contributed by atoms with Gasteiger partial charge in [-0.15, -0.1) is 10.2 Å². The average Bonchev–Trinajstić information content (AvgIpc) is 3.43. The van der Waals surface area contributed by atoms with E-state index in [1.165, 1.54) is 4.68 Å². The Hall–Kier alpha value is -3.45. The molecule has 184 valence electrons. The predicted molar refractivity (Wildman–Crippen MR) is 126 cm³/mol. The van der Waals surface area contributed by atoms with E-state index in [0.717, 1.165) is 17.6 Å². The summed E-state index contributed by atoms with van der Waals surface area (Å²) in [5, 5.41) is 18.9. The molecule has 2 aliphatic heterocycles. The van der Waals surface area contributed by atoms with Crippen molar-refractivity contribution < 1.29 is 13.5 Å². The fourth-order valence-corrected chi connectivity index (χ4v) is 4.72. The van der Waals surface area contributed by atoms with Crippen LogP contribution in [0.5, 0.6) is 0 Å². The predicted octanol–water partition coefficient (Wildman–Crippen LogP) is 1.77. The number of aryl methyl sites for hydroxylation is 1. The summed E-state index contributed by atoms with van der Waals surface area (Å²) in [7, 11) is 1.77. The molecule has 13 heteroatoms. The molecule has 35 heavy (non-hydrogen) atoms. The zero-order valence-electron chi connectivity index (χ0n) is 19.2. The molecule has 2 atom stereocenters. The molecular weight excluding hydrogens is 458 g/mol. The first-order chi connectivity index (χ1) is 17.1. The molecule has 2 saturated heterocycles. The van der Waals surface area contributed by atoms with Crippen molar-refractivity contribution in [3.8, 4) is 11.3 Å². The summed E-state index contributed by atoms with van der Waals surface area (Å²) in [6.45, 7) is 2.09. The topological polar surface area (TPSA) is 110 Å². The quantitative estimate of drug-likeness (QED) is 0.406. The molecule has 0 bridgehead atoms. The number of hydrogen-bond donors (Lipinski definition) is 2. The molecule has 6 heterocycles. The van der Waals surface area contributed by atoms with Crippen LogP contribution in [0, 0.1) is 0 Å². The number of ether oxygens (including phenoxy) is 1. The smallest absolute Gasteiger partial charge is 0.243 e. The maximum atomic E-state index is 14.9. The average molecular weight is 485 g/mol. The number of pyridine rings is 1. The van der Waals surface area contributed by atoms with E-state index in [4.69, 9.17) is 4.74 Å². The second-order valence-electron chi connectivity index (χ2n) is 8.84. The van der Waals surface area contributed by atoms with E-state index in [1.54, 1.807) is 11.6 Å². The Morgan fingerprint density at radius 2 is 2.09 bits per heavy atom. The Kier molecular flexibility index (Phi) is 5.65. The zero-order chi connectivity index (χ0) is 23.9. The molecule has 0 radical (unpaired) electrons. The van der Waals surface area contributed by atoms with Gasteiger partial charge in [0.15, 0.2) is 11.5 Å². The molecule has 2 fully saturated rings. The van der Waals surface area contributed by atoms with Crippen LogP contribution in [0.3, 0.4) is 0 Å². The van der Waals surface area contributed by atoms with Gasteiger partial charge >= 0.3 is 0 Å². The van der Waals surface area contributed by atoms with Gasteiger partial charge in [-0.3, -0.25) is 4.90 Å². The summed E-state index contributed by atoms with van der Waals surface area (Å²) in [5.74, 6) is 0.935. The van der Waals surface area contributed by atoms with E-state index in [0.29, 0.717) is 60.8 Å². The van der Waals surface area contributed by atoms with E-state index < -0.39 is 12.8 Å². The lowest BCUT2D eigenvalue weighted by molar-refractivity contribution is -0.0794. The molecular formula is C22H26F2N10O. The highest BCUT2D eigenvalue weighted by atomic mass is 19.1. The van der Waals surface area contributed by atoms with Gasteiger partial charge in [-0.1, -0.05) is 5.21 Å². The molecule has 0 aromatic carbocycles. The number of rotatable bonds is 7. The second-order valence-corrected chi connectivity index (χ2v) is 8.84. The normalized spacial score (nSPS) is 21.5. The lowest BCUT2D eigenvalue weighted by Gasteiger charge is -2.42. The van der Waals surface area contributed by atoms with Gasteiger partial charge < -0.3 is 15.4 Å². The van der Waals surface area contributed by atoms with Crippen LogP contribution in [0.1, 0.15) is 6.42 Å². The molecule has 0 saturated carbocycles. The number of anilines is 2. The van der Waals surface area contributed by atoms with Crippen LogP contribution < -0.4 is 10.6 Å². The number of halogens is 2. The summed E-state index contributed by atoms with van der Waals surface area (Å²) >= 11 is 0. The van der Waals surface area contributed by atoms with Gasteiger partial charge in [0.1, 0.15) is 23.9 Å². The Morgan fingerprint density at radius 3 is 2.83 bits per heavy atom. The van der Waals surface area contributed by atoms with Gasteiger partial charge in [0.25, 0.3) is 0 Å². The summed E-state index contributed by atoms with van der Waals surface area (Å²) in [4.78, 5) is 11.5. The van der Waals surface area contributed by atoms with Crippen LogP contribution in [0.4, 0.5) is 20.5 Å². The van der Waals surface area contributed by atoms with Gasteiger partial charge in [-0.05, 0) is 24.6 Å². The number of piperidine rings is 1. The molecule has 4 aromatic rings. The summed E-state index contributed by atoms with van der Waals surface area (Å²) in [6, 6.07) is 5.50. The Morgan fingerprint density at radius 1 is 1.20 bits per heavy atom. The molecule has 4 aromatic heterocycles. The lowest BCUT2D eigenvalue weighted by atomic mass is 10.0. The second kappa shape index (κ2) is 8.96. The van der Waals surface area contributed by atoms with E-state index in [-0.39, 0.29) is 12.6 Å². The highest BCUT2D eigenvalue weighted by molar-refractivity contribution is 5.89. The largest absolute Gasteiger partial charge is 0.378 e. The van der Waals surface area contributed by atoms with Crippen molar-refractivity contribution in [2.75, 3.05) is 50.7 Å². The van der Waals surface area contributed by atoms with Crippen molar-refractivity contribution in [2.45, 2.75) is 31.2 Å². The van der Waals surface area contributed by atoms with Crippen molar-refractivity contribution >= 4 is 28.4 Å². The minimum Gasteiger partial charge on any atom is -0.378 e. The molecule has 11 nitrogen and oxygen atoms in total. The fraction of sp³-hybridized carbons (Fsp3) is 0.500. The third-order valence-corrected chi connectivity index (χ3v) is 6.70. The monoisotopic (exact) mass is 484 g/mol. The van der Waals surface area contributed by atoms with Crippen molar-refractivity contribution in [1.82, 2.24) is 39.5 Å². The van der Waals surface area contributed by atoms with E-state index in [1.807, 2.05) is 24.4 Å². The summed E-state index contributed by atoms with van der Waals surface area (Å²) < 4.78 is 36.2. The maximum absolute atomic E-state index is 14.9. The van der Waals surface area contributed by atoms with Crippen LogP contribution in [0.25, 0.3) is 27.9 Å². The van der Waals surface area contributed by atoms with Gasteiger partial charge in [0.05, 0.1) is 37.5 Å². The Balaban J connectivity index is 1.28. The number of aromatic nitrogens is 7. The van der Waals surface area contributed by atoms with Gasteiger partial charge in [0, 0.05) is 31.9 Å². The maximum Gasteiger partial charge on any atom is 0.243 e. The van der Waals surface area contributed by atoms with Crippen LogP contribution in [-0.2, 0) is 11.3 Å². The molecule has 6 rings (SSSR count). The molecule has 2 N–H and O–H groups in total. The van der Waals surface area contributed by atoms with Crippen molar-refractivity contribution in [3.63, 3.8) is 0 Å². The SMILES string of the molecule is CNc1nc(NC2CCN(C3COC3)CC2F)nn2ccc(-c3ccc4nnn(CCF)c4n3)c12. The van der Waals surface area contributed by atoms with Gasteiger partial charge in [-0.2, -0.15) is 4.98 Å². The number of fused-ring (bicyclic) bond motifs is 2.